The molecule has 3 heteroatoms. The number of aliphatic hydroxyl groups is 1. The smallest absolute Gasteiger partial charge is 0.0681 e. The lowest BCUT2D eigenvalue weighted by Crippen LogP contribution is -2.60. The summed E-state index contributed by atoms with van der Waals surface area (Å²) in [5.74, 6) is 0. The topological polar surface area (TPSA) is 41.5 Å². The van der Waals surface area contributed by atoms with Crippen LogP contribution in [-0.4, -0.2) is 24.4 Å². The van der Waals surface area contributed by atoms with Gasteiger partial charge in [0.25, 0.3) is 0 Å². The lowest BCUT2D eigenvalue weighted by atomic mass is 9.64. The van der Waals surface area contributed by atoms with Gasteiger partial charge in [0.15, 0.2) is 0 Å². The summed E-state index contributed by atoms with van der Waals surface area (Å²) in [7, 11) is 1.79. The molecule has 0 spiro atoms. The van der Waals surface area contributed by atoms with Crippen molar-refractivity contribution in [3.8, 4) is 0 Å². The maximum absolute atomic E-state index is 8.99. The van der Waals surface area contributed by atoms with Crippen LogP contribution in [0.4, 0.5) is 0 Å². The molecule has 1 fully saturated rings. The molecule has 1 aliphatic carbocycles. The number of benzene rings is 1. The van der Waals surface area contributed by atoms with E-state index in [0.29, 0.717) is 12.1 Å². The van der Waals surface area contributed by atoms with E-state index in [2.05, 4.69) is 31.3 Å². The molecule has 0 saturated heterocycles. The van der Waals surface area contributed by atoms with Crippen molar-refractivity contribution in [1.82, 2.24) is 5.32 Å². The van der Waals surface area contributed by atoms with Crippen molar-refractivity contribution in [2.45, 2.75) is 45.6 Å². The third-order valence-corrected chi connectivity index (χ3v) is 4.22. The first-order valence-electron chi connectivity index (χ1n) is 6.52. The van der Waals surface area contributed by atoms with E-state index >= 15 is 0 Å². The molecule has 2 N–H and O–H groups in total. The van der Waals surface area contributed by atoms with Crippen LogP contribution in [-0.2, 0) is 17.9 Å². The number of nitrogens with one attached hydrogen (secondary N) is 1. The standard InChI is InChI=1S/C15H23NO2/c1-15(2)13(8-14(15)18-3)16-9-11-4-6-12(10-17)7-5-11/h4-7,13-14,16-17H,8-10H2,1-3H3. The Balaban J connectivity index is 1.85. The van der Waals surface area contributed by atoms with Crippen LogP contribution in [0.15, 0.2) is 24.3 Å². The first kappa shape index (κ1) is 13.5. The molecule has 0 radical (unpaired) electrons. The van der Waals surface area contributed by atoms with Crippen LogP contribution < -0.4 is 5.32 Å². The van der Waals surface area contributed by atoms with Gasteiger partial charge in [-0.25, -0.2) is 0 Å². The second-order valence-electron chi connectivity index (χ2n) is 5.69. The van der Waals surface area contributed by atoms with Crippen molar-refractivity contribution in [3.63, 3.8) is 0 Å². The zero-order valence-corrected chi connectivity index (χ0v) is 11.4. The lowest BCUT2D eigenvalue weighted by molar-refractivity contribution is -0.0979. The predicted molar refractivity (Wildman–Crippen MR) is 72.2 cm³/mol. The maximum Gasteiger partial charge on any atom is 0.0681 e. The minimum Gasteiger partial charge on any atom is -0.392 e. The molecule has 1 aromatic carbocycles. The maximum atomic E-state index is 8.99. The number of rotatable bonds is 5. The van der Waals surface area contributed by atoms with Crippen LogP contribution in [0.25, 0.3) is 0 Å². The van der Waals surface area contributed by atoms with Gasteiger partial charge in [0.05, 0.1) is 12.7 Å². The van der Waals surface area contributed by atoms with Gasteiger partial charge in [0.2, 0.25) is 0 Å². The van der Waals surface area contributed by atoms with Gasteiger partial charge in [-0.3, -0.25) is 0 Å². The zero-order valence-electron chi connectivity index (χ0n) is 11.4. The lowest BCUT2D eigenvalue weighted by Gasteiger charge is -2.51. The summed E-state index contributed by atoms with van der Waals surface area (Å²) in [5.41, 5.74) is 2.42. The van der Waals surface area contributed by atoms with Gasteiger partial charge < -0.3 is 15.2 Å². The van der Waals surface area contributed by atoms with Crippen molar-refractivity contribution < 1.29 is 9.84 Å². The van der Waals surface area contributed by atoms with E-state index in [1.165, 1.54) is 5.56 Å². The molecular weight excluding hydrogens is 226 g/mol. The molecule has 2 atom stereocenters. The van der Waals surface area contributed by atoms with Crippen LogP contribution in [0.1, 0.15) is 31.4 Å². The average Bonchev–Trinajstić information content (AvgIpc) is 2.38. The van der Waals surface area contributed by atoms with Crippen LogP contribution >= 0.6 is 0 Å². The molecule has 2 unspecified atom stereocenters. The Kier molecular flexibility index (Phi) is 4.05. The largest absolute Gasteiger partial charge is 0.392 e. The zero-order chi connectivity index (χ0) is 13.2. The summed E-state index contributed by atoms with van der Waals surface area (Å²) in [6.07, 6.45) is 1.45. The van der Waals surface area contributed by atoms with E-state index in [1.807, 2.05) is 12.1 Å². The van der Waals surface area contributed by atoms with Gasteiger partial charge in [-0.2, -0.15) is 0 Å². The fourth-order valence-electron chi connectivity index (χ4n) is 2.64. The third kappa shape index (κ3) is 2.58. The molecule has 0 bridgehead atoms. The summed E-state index contributed by atoms with van der Waals surface area (Å²) < 4.78 is 5.45. The second-order valence-corrected chi connectivity index (χ2v) is 5.69. The van der Waals surface area contributed by atoms with Crippen LogP contribution in [0.3, 0.4) is 0 Å². The number of aliphatic hydroxyl groups excluding tert-OH is 1. The Morgan fingerprint density at radius 2 is 1.89 bits per heavy atom. The molecule has 18 heavy (non-hydrogen) atoms. The number of methoxy groups -OCH3 is 1. The molecule has 100 valence electrons. The first-order valence-corrected chi connectivity index (χ1v) is 6.52. The summed E-state index contributed by atoms with van der Waals surface area (Å²) in [5, 5.41) is 12.6. The summed E-state index contributed by atoms with van der Waals surface area (Å²) in [4.78, 5) is 0. The molecular formula is C15H23NO2. The van der Waals surface area contributed by atoms with Crippen molar-refractivity contribution in [3.05, 3.63) is 35.4 Å². The fourth-order valence-corrected chi connectivity index (χ4v) is 2.64. The highest BCUT2D eigenvalue weighted by molar-refractivity contribution is 5.22. The van der Waals surface area contributed by atoms with E-state index < -0.39 is 0 Å². The molecule has 3 nitrogen and oxygen atoms in total. The summed E-state index contributed by atoms with van der Waals surface area (Å²) in [6, 6.07) is 8.60. The van der Waals surface area contributed by atoms with E-state index in [1.54, 1.807) is 7.11 Å². The van der Waals surface area contributed by atoms with Gasteiger partial charge >= 0.3 is 0 Å². The van der Waals surface area contributed by atoms with Crippen LogP contribution in [0.5, 0.6) is 0 Å². The Morgan fingerprint density at radius 3 is 2.39 bits per heavy atom. The highest BCUT2D eigenvalue weighted by Gasteiger charge is 2.48. The van der Waals surface area contributed by atoms with E-state index in [0.717, 1.165) is 18.5 Å². The Labute approximate surface area is 109 Å². The molecule has 1 aliphatic rings. The number of hydrogen-bond donors (Lipinski definition) is 2. The van der Waals surface area contributed by atoms with E-state index in [-0.39, 0.29) is 12.0 Å². The molecule has 1 aromatic rings. The monoisotopic (exact) mass is 249 g/mol. The van der Waals surface area contributed by atoms with Gasteiger partial charge in [-0.15, -0.1) is 0 Å². The molecule has 0 aliphatic heterocycles. The predicted octanol–water partition coefficient (Wildman–Crippen LogP) is 2.08. The highest BCUT2D eigenvalue weighted by Crippen LogP contribution is 2.42. The molecule has 0 heterocycles. The SMILES string of the molecule is COC1CC(NCc2ccc(CO)cc2)C1(C)C. The van der Waals surface area contributed by atoms with Gasteiger partial charge in [0, 0.05) is 25.1 Å². The molecule has 0 aromatic heterocycles. The van der Waals surface area contributed by atoms with Gasteiger partial charge in [-0.1, -0.05) is 38.1 Å². The Morgan fingerprint density at radius 1 is 1.28 bits per heavy atom. The van der Waals surface area contributed by atoms with E-state index in [9.17, 15) is 0 Å². The van der Waals surface area contributed by atoms with Crippen molar-refractivity contribution in [2.24, 2.45) is 5.41 Å². The normalized spacial score (nSPS) is 25.8. The van der Waals surface area contributed by atoms with Crippen molar-refractivity contribution in [1.29, 1.82) is 0 Å². The average molecular weight is 249 g/mol. The van der Waals surface area contributed by atoms with Crippen molar-refractivity contribution in [2.75, 3.05) is 7.11 Å². The number of ether oxygens (including phenoxy) is 1. The second kappa shape index (κ2) is 5.39. The van der Waals surface area contributed by atoms with Gasteiger partial charge in [-0.05, 0) is 17.5 Å². The minimum atomic E-state index is 0.110. The first-order chi connectivity index (χ1) is 8.57. The Hall–Kier alpha value is -0.900. The van der Waals surface area contributed by atoms with E-state index in [4.69, 9.17) is 9.84 Å². The fraction of sp³-hybridized carbons (Fsp3) is 0.600. The van der Waals surface area contributed by atoms with Crippen LogP contribution in [0.2, 0.25) is 0 Å². The van der Waals surface area contributed by atoms with Crippen LogP contribution in [0, 0.1) is 5.41 Å². The van der Waals surface area contributed by atoms with Crippen molar-refractivity contribution >= 4 is 0 Å². The number of hydrogen-bond acceptors (Lipinski definition) is 3. The third-order valence-electron chi connectivity index (χ3n) is 4.22. The molecule has 1 saturated carbocycles. The summed E-state index contributed by atoms with van der Waals surface area (Å²) in [6.45, 7) is 5.48. The molecule has 2 rings (SSSR count). The molecule has 0 amide bonds. The Bertz CT molecular complexity index is 386. The minimum absolute atomic E-state index is 0.110. The highest BCUT2D eigenvalue weighted by atomic mass is 16.5. The quantitative estimate of drug-likeness (QED) is 0.839. The van der Waals surface area contributed by atoms with Gasteiger partial charge in [0.1, 0.15) is 0 Å². The summed E-state index contributed by atoms with van der Waals surface area (Å²) >= 11 is 0.